The van der Waals surface area contributed by atoms with Crippen LogP contribution in [0.5, 0.6) is 0 Å². The van der Waals surface area contributed by atoms with Crippen LogP contribution in [-0.2, 0) is 0 Å². The van der Waals surface area contributed by atoms with E-state index in [4.69, 9.17) is 17.3 Å². The van der Waals surface area contributed by atoms with Gasteiger partial charge in [0.05, 0.1) is 16.9 Å². The highest BCUT2D eigenvalue weighted by Crippen LogP contribution is 2.25. The summed E-state index contributed by atoms with van der Waals surface area (Å²) >= 11 is 5.99. The van der Waals surface area contributed by atoms with Crippen LogP contribution >= 0.6 is 11.6 Å². The molecule has 1 aromatic carbocycles. The number of fused-ring (bicyclic) bond motifs is 1. The van der Waals surface area contributed by atoms with Crippen molar-refractivity contribution in [3.8, 4) is 11.4 Å². The molecule has 0 unspecified atom stereocenters. The predicted molar refractivity (Wildman–Crippen MR) is 65.6 cm³/mol. The highest BCUT2D eigenvalue weighted by atomic mass is 35.5. The predicted octanol–water partition coefficient (Wildman–Crippen LogP) is 2.03. The van der Waals surface area contributed by atoms with Crippen molar-refractivity contribution in [2.24, 2.45) is 0 Å². The Hall–Kier alpha value is -2.14. The van der Waals surface area contributed by atoms with Gasteiger partial charge in [0.25, 0.3) is 0 Å². The van der Waals surface area contributed by atoms with Gasteiger partial charge in [0.2, 0.25) is 0 Å². The summed E-state index contributed by atoms with van der Waals surface area (Å²) in [4.78, 5) is 3.98. The second kappa shape index (κ2) is 3.71. The Kier molecular flexibility index (Phi) is 2.19. The molecule has 6 heteroatoms. The Morgan fingerprint density at radius 3 is 2.94 bits per heavy atom. The first-order chi connectivity index (χ1) is 8.25. The molecular formula is C11H8ClN5. The fourth-order valence-corrected chi connectivity index (χ4v) is 1.80. The second-order valence-corrected chi connectivity index (χ2v) is 3.97. The molecule has 0 spiro atoms. The van der Waals surface area contributed by atoms with Gasteiger partial charge in [-0.25, -0.2) is 0 Å². The number of hydrogen-bond donors (Lipinski definition) is 1. The summed E-state index contributed by atoms with van der Waals surface area (Å²) < 4.78 is 1.84. The van der Waals surface area contributed by atoms with Crippen LogP contribution in [0.1, 0.15) is 0 Å². The Balaban J connectivity index is 2.24. The lowest BCUT2D eigenvalue weighted by Gasteiger charge is -2.02. The summed E-state index contributed by atoms with van der Waals surface area (Å²) in [6, 6.07) is 5.38. The lowest BCUT2D eigenvalue weighted by Crippen LogP contribution is -1.91. The zero-order valence-electron chi connectivity index (χ0n) is 8.71. The first kappa shape index (κ1) is 10.0. The van der Waals surface area contributed by atoms with Crippen LogP contribution in [0.3, 0.4) is 0 Å². The normalized spacial score (nSPS) is 10.9. The van der Waals surface area contributed by atoms with E-state index in [1.165, 1.54) is 0 Å². The molecular weight excluding hydrogens is 238 g/mol. The monoisotopic (exact) mass is 245 g/mol. The third kappa shape index (κ3) is 1.60. The zero-order valence-corrected chi connectivity index (χ0v) is 9.46. The average Bonchev–Trinajstić information content (AvgIpc) is 2.76. The molecule has 0 amide bonds. The maximum Gasteiger partial charge on any atom is 0.179 e. The molecule has 0 saturated heterocycles. The van der Waals surface area contributed by atoms with Gasteiger partial charge in [-0.3, -0.25) is 9.38 Å². The van der Waals surface area contributed by atoms with Crippen molar-refractivity contribution in [1.82, 2.24) is 19.6 Å². The van der Waals surface area contributed by atoms with Gasteiger partial charge in [0.1, 0.15) is 0 Å². The van der Waals surface area contributed by atoms with Crippen molar-refractivity contribution in [2.45, 2.75) is 0 Å². The number of nitrogen functional groups attached to an aromatic ring is 1. The molecule has 2 heterocycles. The quantitative estimate of drug-likeness (QED) is 0.666. The number of nitrogens with zero attached hydrogens (tertiary/aromatic N) is 4. The molecule has 2 aromatic heterocycles. The Bertz CT molecular complexity index is 691. The maximum atomic E-state index is 5.99. The molecule has 3 rings (SSSR count). The maximum absolute atomic E-state index is 5.99. The number of rotatable bonds is 1. The van der Waals surface area contributed by atoms with Crippen molar-refractivity contribution in [1.29, 1.82) is 0 Å². The van der Waals surface area contributed by atoms with E-state index in [0.717, 1.165) is 5.56 Å². The summed E-state index contributed by atoms with van der Waals surface area (Å²) in [5.41, 5.74) is 7.77. The number of hydrogen-bond acceptors (Lipinski definition) is 4. The van der Waals surface area contributed by atoms with E-state index >= 15 is 0 Å². The smallest absolute Gasteiger partial charge is 0.179 e. The van der Waals surface area contributed by atoms with Gasteiger partial charge >= 0.3 is 0 Å². The highest BCUT2D eigenvalue weighted by Gasteiger charge is 2.08. The summed E-state index contributed by atoms with van der Waals surface area (Å²) in [6.07, 6.45) is 5.13. The Morgan fingerprint density at radius 1 is 1.24 bits per heavy atom. The van der Waals surface area contributed by atoms with Gasteiger partial charge < -0.3 is 5.73 Å². The van der Waals surface area contributed by atoms with Crippen molar-refractivity contribution in [3.63, 3.8) is 0 Å². The fourth-order valence-electron chi connectivity index (χ4n) is 1.62. The van der Waals surface area contributed by atoms with Crippen LogP contribution in [0, 0.1) is 0 Å². The van der Waals surface area contributed by atoms with Crippen LogP contribution in [0.25, 0.3) is 17.0 Å². The largest absolute Gasteiger partial charge is 0.398 e. The molecule has 0 fully saturated rings. The van der Waals surface area contributed by atoms with Crippen LogP contribution in [0.15, 0.2) is 36.8 Å². The molecule has 2 N–H and O–H groups in total. The van der Waals surface area contributed by atoms with E-state index in [0.29, 0.717) is 22.2 Å². The summed E-state index contributed by atoms with van der Waals surface area (Å²) in [5, 5.41) is 8.64. The van der Waals surface area contributed by atoms with Crippen molar-refractivity contribution in [2.75, 3.05) is 5.73 Å². The Morgan fingerprint density at radius 2 is 2.12 bits per heavy atom. The van der Waals surface area contributed by atoms with E-state index in [1.807, 2.05) is 10.5 Å². The van der Waals surface area contributed by atoms with Gasteiger partial charge in [0, 0.05) is 18.0 Å². The third-order valence-corrected chi connectivity index (χ3v) is 2.80. The highest BCUT2D eigenvalue weighted by molar-refractivity contribution is 6.33. The topological polar surface area (TPSA) is 69.1 Å². The second-order valence-electron chi connectivity index (χ2n) is 3.56. The van der Waals surface area contributed by atoms with Crippen molar-refractivity contribution in [3.05, 3.63) is 41.8 Å². The fraction of sp³-hybridized carbons (Fsp3) is 0. The minimum atomic E-state index is 0.508. The van der Waals surface area contributed by atoms with Crippen LogP contribution < -0.4 is 5.73 Å². The first-order valence-electron chi connectivity index (χ1n) is 4.96. The van der Waals surface area contributed by atoms with Gasteiger partial charge in [0.15, 0.2) is 11.5 Å². The molecule has 0 atom stereocenters. The van der Waals surface area contributed by atoms with E-state index in [1.54, 1.807) is 30.7 Å². The molecule has 0 aliphatic heterocycles. The third-order valence-electron chi connectivity index (χ3n) is 2.47. The Labute approximate surface area is 102 Å². The minimum Gasteiger partial charge on any atom is -0.398 e. The van der Waals surface area contributed by atoms with Gasteiger partial charge in [-0.05, 0) is 18.2 Å². The average molecular weight is 246 g/mol. The SMILES string of the molecule is Nc1ccc(-c2nnc3cnccn23)cc1Cl. The molecule has 0 radical (unpaired) electrons. The van der Waals surface area contributed by atoms with Crippen LogP contribution in [-0.4, -0.2) is 19.6 Å². The standard InChI is InChI=1S/C11H8ClN5/c12-8-5-7(1-2-9(8)13)11-16-15-10-6-14-3-4-17(10)11/h1-6H,13H2. The van der Waals surface area contributed by atoms with Crippen LogP contribution in [0.4, 0.5) is 5.69 Å². The zero-order chi connectivity index (χ0) is 11.8. The van der Waals surface area contributed by atoms with E-state index < -0.39 is 0 Å². The number of anilines is 1. The molecule has 3 aromatic rings. The van der Waals surface area contributed by atoms with E-state index in [2.05, 4.69) is 15.2 Å². The number of aromatic nitrogens is 4. The van der Waals surface area contributed by atoms with Crippen molar-refractivity contribution >= 4 is 22.9 Å². The lowest BCUT2D eigenvalue weighted by atomic mass is 10.2. The molecule has 0 saturated carbocycles. The summed E-state index contributed by atoms with van der Waals surface area (Å²) in [7, 11) is 0. The number of halogens is 1. The van der Waals surface area contributed by atoms with Crippen LogP contribution in [0.2, 0.25) is 5.02 Å². The molecule has 84 valence electrons. The summed E-state index contributed by atoms with van der Waals surface area (Å²) in [6.45, 7) is 0. The first-order valence-corrected chi connectivity index (χ1v) is 5.33. The number of nitrogens with two attached hydrogens (primary N) is 1. The number of benzene rings is 1. The van der Waals surface area contributed by atoms with E-state index in [-0.39, 0.29) is 0 Å². The molecule has 17 heavy (non-hydrogen) atoms. The molecule has 0 aliphatic rings. The van der Waals surface area contributed by atoms with E-state index in [9.17, 15) is 0 Å². The van der Waals surface area contributed by atoms with Gasteiger partial charge in [-0.2, -0.15) is 0 Å². The lowest BCUT2D eigenvalue weighted by molar-refractivity contribution is 1.11. The molecule has 0 bridgehead atoms. The molecule has 5 nitrogen and oxygen atoms in total. The summed E-state index contributed by atoms with van der Waals surface area (Å²) in [5.74, 6) is 0.712. The van der Waals surface area contributed by atoms with Gasteiger partial charge in [-0.1, -0.05) is 11.6 Å². The minimum absolute atomic E-state index is 0.508. The van der Waals surface area contributed by atoms with Crippen molar-refractivity contribution < 1.29 is 0 Å². The van der Waals surface area contributed by atoms with Gasteiger partial charge in [-0.15, -0.1) is 10.2 Å². The molecule has 0 aliphatic carbocycles.